The van der Waals surface area contributed by atoms with Crippen LogP contribution in [0.1, 0.15) is 32.1 Å². The molecule has 1 aromatic rings. The van der Waals surface area contributed by atoms with Gasteiger partial charge < -0.3 is 14.5 Å². The molecule has 0 amide bonds. The Morgan fingerprint density at radius 3 is 2.67 bits per heavy atom. The predicted octanol–water partition coefficient (Wildman–Crippen LogP) is 3.12. The fourth-order valence-electron chi connectivity index (χ4n) is 1.68. The Kier molecular flexibility index (Phi) is 5.36. The Morgan fingerprint density at radius 2 is 2.27 bits per heavy atom. The molecule has 0 saturated heterocycles. The monoisotopic (exact) mass is 275 g/mol. The van der Waals surface area contributed by atoms with Gasteiger partial charge in [-0.25, -0.2) is 0 Å². The second-order valence-corrected chi connectivity index (χ2v) is 4.20. The van der Waals surface area contributed by atoms with Crippen LogP contribution in [0.25, 0.3) is 0 Å². The van der Waals surface area contributed by atoms with Gasteiger partial charge in [-0.15, -0.1) is 0 Å². The summed E-state index contributed by atoms with van der Waals surface area (Å²) in [6, 6.07) is 2.01. The normalized spacial score (nSPS) is 15.2. The molecule has 4 heteroatoms. The highest BCUT2D eigenvalue weighted by atomic mass is 79.9. The summed E-state index contributed by atoms with van der Waals surface area (Å²) < 4.78 is 11.9. The van der Waals surface area contributed by atoms with Gasteiger partial charge in [0.15, 0.2) is 0 Å². The van der Waals surface area contributed by atoms with Crippen molar-refractivity contribution in [1.29, 1.82) is 0 Å². The van der Waals surface area contributed by atoms with E-state index in [9.17, 15) is 0 Å². The van der Waals surface area contributed by atoms with Crippen molar-refractivity contribution < 1.29 is 9.15 Å². The Hall–Kier alpha value is -0.320. The van der Waals surface area contributed by atoms with Crippen LogP contribution >= 0.6 is 15.9 Å². The lowest BCUT2D eigenvalue weighted by molar-refractivity contribution is 0.0582. The van der Waals surface area contributed by atoms with Gasteiger partial charge in [0.1, 0.15) is 5.76 Å². The summed E-state index contributed by atoms with van der Waals surface area (Å²) >= 11 is 3.47. The van der Waals surface area contributed by atoms with Gasteiger partial charge in [-0.2, -0.15) is 0 Å². The minimum absolute atomic E-state index is 0.106. The highest BCUT2D eigenvalue weighted by Gasteiger charge is 2.25. The third-order valence-electron chi connectivity index (χ3n) is 2.43. The van der Waals surface area contributed by atoms with Gasteiger partial charge in [0.2, 0.25) is 0 Å². The minimum atomic E-state index is 0.106. The van der Waals surface area contributed by atoms with Crippen molar-refractivity contribution in [2.75, 3.05) is 13.7 Å². The molecule has 0 aromatic carbocycles. The van der Waals surface area contributed by atoms with Crippen molar-refractivity contribution >= 4 is 15.9 Å². The molecule has 2 atom stereocenters. The second-order valence-electron chi connectivity index (χ2n) is 3.35. The van der Waals surface area contributed by atoms with Crippen molar-refractivity contribution in [3.05, 3.63) is 22.6 Å². The third kappa shape index (κ3) is 3.06. The lowest BCUT2D eigenvalue weighted by atomic mass is 10.1. The molecule has 0 bridgehead atoms. The maximum absolute atomic E-state index is 5.47. The van der Waals surface area contributed by atoms with Crippen molar-refractivity contribution in [3.63, 3.8) is 0 Å². The van der Waals surface area contributed by atoms with Crippen LogP contribution in [0.2, 0.25) is 0 Å². The summed E-state index contributed by atoms with van der Waals surface area (Å²) in [4.78, 5) is 0. The molecule has 0 fully saturated rings. The SMILES string of the molecule is CCNC(c1occc1Br)C(CC)OC. The topological polar surface area (TPSA) is 34.4 Å². The van der Waals surface area contributed by atoms with Crippen LogP contribution in [0.4, 0.5) is 0 Å². The lowest BCUT2D eigenvalue weighted by Gasteiger charge is -2.24. The molecule has 1 rings (SSSR count). The first-order valence-electron chi connectivity index (χ1n) is 5.23. The molecule has 3 nitrogen and oxygen atoms in total. The molecule has 1 heterocycles. The van der Waals surface area contributed by atoms with E-state index in [4.69, 9.17) is 9.15 Å². The number of hydrogen-bond donors (Lipinski definition) is 1. The van der Waals surface area contributed by atoms with Gasteiger partial charge in [0, 0.05) is 7.11 Å². The van der Waals surface area contributed by atoms with Crippen molar-refractivity contribution in [2.45, 2.75) is 32.4 Å². The first-order chi connectivity index (χ1) is 7.24. The number of ether oxygens (including phenoxy) is 1. The number of halogens is 1. The van der Waals surface area contributed by atoms with Gasteiger partial charge in [-0.3, -0.25) is 0 Å². The quantitative estimate of drug-likeness (QED) is 0.866. The molecule has 86 valence electrons. The highest BCUT2D eigenvalue weighted by Crippen LogP contribution is 2.28. The second kappa shape index (κ2) is 6.30. The molecule has 0 saturated carbocycles. The van der Waals surface area contributed by atoms with Crippen LogP contribution in [0, 0.1) is 0 Å². The standard InChI is InChI=1S/C11H18BrNO2/c1-4-9(14-3)10(13-5-2)11-8(12)6-7-15-11/h6-7,9-10,13H,4-5H2,1-3H3. The van der Waals surface area contributed by atoms with E-state index in [0.717, 1.165) is 23.2 Å². The average Bonchev–Trinajstić information content (AvgIpc) is 2.65. The summed E-state index contributed by atoms with van der Waals surface area (Å²) in [5.41, 5.74) is 0. The summed E-state index contributed by atoms with van der Waals surface area (Å²) in [7, 11) is 1.73. The number of methoxy groups -OCH3 is 1. The number of furan rings is 1. The molecular formula is C11H18BrNO2. The summed E-state index contributed by atoms with van der Waals surface area (Å²) in [5, 5.41) is 3.38. The molecule has 0 aliphatic carbocycles. The number of nitrogens with one attached hydrogen (secondary N) is 1. The van der Waals surface area contributed by atoms with Crippen LogP contribution in [-0.4, -0.2) is 19.8 Å². The molecule has 0 spiro atoms. The Morgan fingerprint density at radius 1 is 1.53 bits per heavy atom. The largest absolute Gasteiger partial charge is 0.466 e. The molecule has 1 aromatic heterocycles. The zero-order valence-corrected chi connectivity index (χ0v) is 11.0. The van der Waals surface area contributed by atoms with E-state index in [-0.39, 0.29) is 12.1 Å². The van der Waals surface area contributed by atoms with E-state index in [2.05, 4.69) is 35.1 Å². The third-order valence-corrected chi connectivity index (χ3v) is 3.08. The Labute approximate surface area is 99.3 Å². The van der Waals surface area contributed by atoms with E-state index < -0.39 is 0 Å². The fourth-order valence-corrected chi connectivity index (χ4v) is 2.13. The summed E-state index contributed by atoms with van der Waals surface area (Å²) in [5.74, 6) is 0.908. The first-order valence-corrected chi connectivity index (χ1v) is 6.02. The summed E-state index contributed by atoms with van der Waals surface area (Å²) in [6.45, 7) is 5.07. The predicted molar refractivity (Wildman–Crippen MR) is 63.9 cm³/mol. The Balaban J connectivity index is 2.86. The van der Waals surface area contributed by atoms with Gasteiger partial charge in [-0.1, -0.05) is 13.8 Å². The van der Waals surface area contributed by atoms with Crippen LogP contribution < -0.4 is 5.32 Å². The van der Waals surface area contributed by atoms with E-state index >= 15 is 0 Å². The van der Waals surface area contributed by atoms with Crippen LogP contribution in [0.15, 0.2) is 21.2 Å². The van der Waals surface area contributed by atoms with E-state index in [0.29, 0.717) is 0 Å². The summed E-state index contributed by atoms with van der Waals surface area (Å²) in [6.07, 6.45) is 2.76. The maximum atomic E-state index is 5.47. The first kappa shape index (κ1) is 12.7. The fraction of sp³-hybridized carbons (Fsp3) is 0.636. The van der Waals surface area contributed by atoms with E-state index in [1.54, 1.807) is 13.4 Å². The van der Waals surface area contributed by atoms with Crippen LogP contribution in [0.3, 0.4) is 0 Å². The molecular weight excluding hydrogens is 258 g/mol. The van der Waals surface area contributed by atoms with Gasteiger partial charge in [0.25, 0.3) is 0 Å². The molecule has 2 unspecified atom stereocenters. The molecule has 15 heavy (non-hydrogen) atoms. The molecule has 0 radical (unpaired) electrons. The molecule has 1 N–H and O–H groups in total. The lowest BCUT2D eigenvalue weighted by Crippen LogP contribution is -2.32. The van der Waals surface area contributed by atoms with Gasteiger partial charge >= 0.3 is 0 Å². The zero-order chi connectivity index (χ0) is 11.3. The minimum Gasteiger partial charge on any atom is -0.466 e. The van der Waals surface area contributed by atoms with Crippen molar-refractivity contribution in [3.8, 4) is 0 Å². The highest BCUT2D eigenvalue weighted by molar-refractivity contribution is 9.10. The average molecular weight is 276 g/mol. The van der Waals surface area contributed by atoms with Crippen LogP contribution in [-0.2, 0) is 4.74 Å². The van der Waals surface area contributed by atoms with Gasteiger partial charge in [0.05, 0.1) is 22.9 Å². The van der Waals surface area contributed by atoms with Gasteiger partial charge in [-0.05, 0) is 35.0 Å². The zero-order valence-electron chi connectivity index (χ0n) is 9.42. The van der Waals surface area contributed by atoms with E-state index in [1.807, 2.05) is 6.07 Å². The Bertz CT molecular complexity index is 284. The maximum Gasteiger partial charge on any atom is 0.137 e. The van der Waals surface area contributed by atoms with E-state index in [1.165, 1.54) is 0 Å². The molecule has 0 aliphatic rings. The number of rotatable bonds is 6. The molecule has 0 aliphatic heterocycles. The number of hydrogen-bond acceptors (Lipinski definition) is 3. The smallest absolute Gasteiger partial charge is 0.137 e. The van der Waals surface area contributed by atoms with Crippen LogP contribution in [0.5, 0.6) is 0 Å². The van der Waals surface area contributed by atoms with Crippen molar-refractivity contribution in [2.24, 2.45) is 0 Å². The number of likely N-dealkylation sites (N-methyl/N-ethyl adjacent to an activating group) is 1. The van der Waals surface area contributed by atoms with Crippen molar-refractivity contribution in [1.82, 2.24) is 5.32 Å².